The van der Waals surface area contributed by atoms with Crippen molar-refractivity contribution in [2.24, 2.45) is 0 Å². The van der Waals surface area contributed by atoms with Gasteiger partial charge < -0.3 is 0 Å². The molecule has 4 saturated heterocycles. The zero-order chi connectivity index (χ0) is 9.26. The molecule has 0 atom stereocenters. The van der Waals surface area contributed by atoms with Crippen LogP contribution in [0, 0.1) is 0 Å². The number of nitrogens with zero attached hydrogens (tertiary/aromatic N) is 4. The molecule has 13 heavy (non-hydrogen) atoms. The van der Waals surface area contributed by atoms with Crippen LogP contribution < -0.4 is 0 Å². The van der Waals surface area contributed by atoms with Gasteiger partial charge in [0.25, 0.3) is 0 Å². The molecule has 0 radical (unpaired) electrons. The van der Waals surface area contributed by atoms with Crippen molar-refractivity contribution in [2.75, 3.05) is 40.0 Å². The van der Waals surface area contributed by atoms with Crippen LogP contribution in [0.1, 0.15) is 0 Å². The average Bonchev–Trinajstić information content (AvgIpc) is 2.01. The van der Waals surface area contributed by atoms with E-state index < -0.39 is 0 Å². The third-order valence-corrected chi connectivity index (χ3v) is 2.40. The van der Waals surface area contributed by atoms with Gasteiger partial charge in [-0.3, -0.25) is 19.6 Å². The predicted octanol–water partition coefficient (Wildman–Crippen LogP) is 0.669. The molecule has 7 heteroatoms. The number of hydrogen-bond donors (Lipinski definition) is 0. The van der Waals surface area contributed by atoms with Gasteiger partial charge in [0, 0.05) is 0 Å². The summed E-state index contributed by atoms with van der Waals surface area (Å²) in [6.07, 6.45) is 0. The normalized spacial score (nSPS) is 45.1. The molecular formula is C6H12Br2N4Zn. The van der Waals surface area contributed by atoms with Crippen LogP contribution in [0.25, 0.3) is 0 Å². The van der Waals surface area contributed by atoms with E-state index in [0.717, 1.165) is 0 Å². The van der Waals surface area contributed by atoms with Gasteiger partial charge in [-0.05, 0) is 0 Å². The third-order valence-electron chi connectivity index (χ3n) is 2.40. The van der Waals surface area contributed by atoms with Crippen molar-refractivity contribution in [1.29, 1.82) is 0 Å². The maximum atomic E-state index is 3.25. The molecule has 4 aliphatic heterocycles. The van der Waals surface area contributed by atoms with Crippen LogP contribution >= 0.6 is 27.2 Å². The summed E-state index contributed by atoms with van der Waals surface area (Å²) in [6, 6.07) is 0. The first kappa shape index (κ1) is 10.9. The number of hydrogen-bond acceptors (Lipinski definition) is 4. The van der Waals surface area contributed by atoms with Gasteiger partial charge in [0.05, 0.1) is 40.0 Å². The summed E-state index contributed by atoms with van der Waals surface area (Å²) in [5.41, 5.74) is 0. The van der Waals surface area contributed by atoms with E-state index in [-0.39, 0.29) is 13.2 Å². The van der Waals surface area contributed by atoms with Crippen LogP contribution in [-0.2, 0) is 13.2 Å². The molecule has 72 valence electrons. The topological polar surface area (TPSA) is 13.0 Å². The number of rotatable bonds is 0. The van der Waals surface area contributed by atoms with Gasteiger partial charge in [0.15, 0.2) is 0 Å². The molecule has 0 saturated carbocycles. The van der Waals surface area contributed by atoms with Crippen molar-refractivity contribution >= 4 is 27.2 Å². The molecule has 4 heterocycles. The van der Waals surface area contributed by atoms with E-state index in [1.165, 1.54) is 40.0 Å². The molecule has 0 unspecified atom stereocenters. The van der Waals surface area contributed by atoms with Gasteiger partial charge in [-0.15, -0.1) is 0 Å². The third kappa shape index (κ3) is 2.71. The summed E-state index contributed by atoms with van der Waals surface area (Å²) in [7, 11) is 0. The van der Waals surface area contributed by atoms with Gasteiger partial charge in [0.1, 0.15) is 0 Å². The Hall–Kier alpha value is 1.42. The minimum atomic E-state index is -0.250. The Kier molecular flexibility index (Phi) is 4.17. The molecule has 0 aromatic heterocycles. The van der Waals surface area contributed by atoms with E-state index in [1.807, 2.05) is 0 Å². The molecule has 4 fully saturated rings. The van der Waals surface area contributed by atoms with Gasteiger partial charge in [0.2, 0.25) is 0 Å². The van der Waals surface area contributed by atoms with E-state index in [9.17, 15) is 0 Å². The summed E-state index contributed by atoms with van der Waals surface area (Å²) in [5.74, 6) is 0. The quantitative estimate of drug-likeness (QED) is 0.585. The first-order valence-corrected chi connectivity index (χ1v) is 18.2. The molecule has 0 spiro atoms. The van der Waals surface area contributed by atoms with Crippen molar-refractivity contribution < 1.29 is 13.2 Å². The second kappa shape index (κ2) is 4.97. The van der Waals surface area contributed by atoms with Gasteiger partial charge >= 0.3 is 40.5 Å². The Morgan fingerprint density at radius 1 is 0.615 bits per heavy atom. The van der Waals surface area contributed by atoms with Gasteiger partial charge in [-0.1, -0.05) is 0 Å². The Morgan fingerprint density at radius 2 is 0.769 bits per heavy atom. The van der Waals surface area contributed by atoms with Crippen molar-refractivity contribution in [3.63, 3.8) is 0 Å². The Morgan fingerprint density at radius 3 is 0.923 bits per heavy atom. The first-order chi connectivity index (χ1) is 6.31. The predicted molar refractivity (Wildman–Crippen MR) is 54.4 cm³/mol. The van der Waals surface area contributed by atoms with E-state index >= 15 is 0 Å². The fourth-order valence-electron chi connectivity index (χ4n) is 2.23. The SMILES string of the molecule is C1N2CN3CN1CN(C2)C3.[Br][Zn][Br]. The molecule has 0 aromatic rings. The van der Waals surface area contributed by atoms with E-state index in [1.54, 1.807) is 0 Å². The molecule has 0 amide bonds. The zero-order valence-corrected chi connectivity index (χ0v) is 13.6. The van der Waals surface area contributed by atoms with Crippen LogP contribution in [0.2, 0.25) is 0 Å². The van der Waals surface area contributed by atoms with Crippen LogP contribution in [-0.4, -0.2) is 59.6 Å². The average molecular weight is 365 g/mol. The molecule has 0 aromatic carbocycles. The summed E-state index contributed by atoms with van der Waals surface area (Å²) in [5, 5.41) is 0. The maximum absolute atomic E-state index is 3.25. The monoisotopic (exact) mass is 362 g/mol. The fraction of sp³-hybridized carbons (Fsp3) is 1.00. The first-order valence-electron chi connectivity index (χ1n) is 4.33. The molecule has 0 aliphatic carbocycles. The second-order valence-corrected chi connectivity index (χ2v) is 17.7. The summed E-state index contributed by atoms with van der Waals surface area (Å²) < 4.78 is 0. The van der Waals surface area contributed by atoms with Crippen LogP contribution in [0.15, 0.2) is 0 Å². The molecule has 4 rings (SSSR count). The molecule has 4 aliphatic rings. The Bertz CT molecular complexity index is 125. The number of halogens is 2. The summed E-state index contributed by atoms with van der Waals surface area (Å²) >= 11 is 6.25. The van der Waals surface area contributed by atoms with Gasteiger partial charge in [-0.2, -0.15) is 0 Å². The Labute approximate surface area is 99.5 Å². The van der Waals surface area contributed by atoms with Crippen LogP contribution in [0.3, 0.4) is 0 Å². The summed E-state index contributed by atoms with van der Waals surface area (Å²) in [6.45, 7) is 7.12. The van der Waals surface area contributed by atoms with Crippen molar-refractivity contribution in [1.82, 2.24) is 19.6 Å². The molecule has 4 nitrogen and oxygen atoms in total. The zero-order valence-electron chi connectivity index (χ0n) is 7.49. The van der Waals surface area contributed by atoms with E-state index in [0.29, 0.717) is 0 Å². The van der Waals surface area contributed by atoms with Crippen molar-refractivity contribution in [2.45, 2.75) is 0 Å². The molecule has 0 N–H and O–H groups in total. The second-order valence-electron chi connectivity index (χ2n) is 3.63. The minimum absolute atomic E-state index is 0.250. The fourth-order valence-corrected chi connectivity index (χ4v) is 2.23. The Balaban J connectivity index is 0.000000196. The van der Waals surface area contributed by atoms with E-state index in [4.69, 9.17) is 0 Å². The van der Waals surface area contributed by atoms with Crippen molar-refractivity contribution in [3.8, 4) is 0 Å². The van der Waals surface area contributed by atoms with Crippen LogP contribution in [0.5, 0.6) is 0 Å². The van der Waals surface area contributed by atoms with Gasteiger partial charge in [-0.25, -0.2) is 0 Å². The standard InChI is InChI=1S/C6H12N4.2BrH.Zn/c1-7-2-9-4-8(1)5-10(3-7)6-9;;;/h1-6H2;2*1H;/q;;;+2/p-2. The van der Waals surface area contributed by atoms with E-state index in [2.05, 4.69) is 46.8 Å². The summed E-state index contributed by atoms with van der Waals surface area (Å²) in [4.78, 5) is 9.88. The molecular weight excluding hydrogens is 353 g/mol. The van der Waals surface area contributed by atoms with Crippen LogP contribution in [0.4, 0.5) is 0 Å². The molecule has 4 bridgehead atoms. The van der Waals surface area contributed by atoms with Crippen molar-refractivity contribution in [3.05, 3.63) is 0 Å².